The summed E-state index contributed by atoms with van der Waals surface area (Å²) in [5, 5.41) is 2.69. The van der Waals surface area contributed by atoms with E-state index < -0.39 is 20.7 Å². The number of carbonyl (C=O) groups excluding carboxylic acids is 1. The summed E-state index contributed by atoms with van der Waals surface area (Å²) >= 11 is 0. The van der Waals surface area contributed by atoms with E-state index >= 15 is 0 Å². The second-order valence-electron chi connectivity index (χ2n) is 5.74. The van der Waals surface area contributed by atoms with E-state index in [-0.39, 0.29) is 0 Å². The van der Waals surface area contributed by atoms with Gasteiger partial charge in [0, 0.05) is 19.3 Å². The Morgan fingerprint density at radius 3 is 2.70 bits per heavy atom. The van der Waals surface area contributed by atoms with E-state index in [9.17, 15) is 13.2 Å². The first-order valence-corrected chi connectivity index (χ1v) is 8.86. The number of amides is 1. The average Bonchev–Trinajstić information content (AvgIpc) is 2.52. The predicted octanol–water partition coefficient (Wildman–Crippen LogP) is 2.00. The minimum absolute atomic E-state index is 0.312. The lowest BCUT2D eigenvalue weighted by Crippen LogP contribution is -2.56. The fraction of sp³-hybridized carbons (Fsp3) is 0.438. The van der Waals surface area contributed by atoms with Gasteiger partial charge in [-0.3, -0.25) is 4.79 Å². The van der Waals surface area contributed by atoms with Crippen LogP contribution in [0, 0.1) is 0 Å². The van der Waals surface area contributed by atoms with Gasteiger partial charge in [0.2, 0.25) is 15.9 Å². The summed E-state index contributed by atoms with van der Waals surface area (Å²) in [6.45, 7) is 5.89. The van der Waals surface area contributed by atoms with Gasteiger partial charge in [-0.1, -0.05) is 12.7 Å². The molecule has 6 nitrogen and oxygen atoms in total. The molecule has 0 aromatic heterocycles. The highest BCUT2D eigenvalue weighted by Gasteiger charge is 2.50. The molecule has 0 unspecified atom stereocenters. The van der Waals surface area contributed by atoms with Gasteiger partial charge >= 0.3 is 0 Å². The van der Waals surface area contributed by atoms with Crippen LogP contribution in [0.2, 0.25) is 0 Å². The number of ether oxygens (including phenoxy) is 1. The van der Waals surface area contributed by atoms with E-state index in [0.717, 1.165) is 0 Å². The molecule has 1 amide bonds. The topological polar surface area (TPSA) is 75.7 Å². The van der Waals surface area contributed by atoms with Crippen molar-refractivity contribution in [2.24, 2.45) is 0 Å². The molecular formula is C16H22N2O4S. The molecule has 23 heavy (non-hydrogen) atoms. The van der Waals surface area contributed by atoms with E-state index in [0.29, 0.717) is 37.4 Å². The van der Waals surface area contributed by atoms with Gasteiger partial charge in [-0.15, -0.1) is 0 Å². The van der Waals surface area contributed by atoms with Crippen LogP contribution in [0.1, 0.15) is 19.8 Å². The Morgan fingerprint density at radius 1 is 1.43 bits per heavy atom. The summed E-state index contributed by atoms with van der Waals surface area (Å²) in [7, 11) is -2.15. The van der Waals surface area contributed by atoms with Gasteiger partial charge in [0.05, 0.1) is 0 Å². The molecule has 7 heteroatoms. The molecule has 1 saturated heterocycles. The fourth-order valence-electron chi connectivity index (χ4n) is 2.52. The molecule has 126 valence electrons. The molecule has 1 aromatic carbocycles. The first-order valence-electron chi connectivity index (χ1n) is 7.42. The summed E-state index contributed by atoms with van der Waals surface area (Å²) < 4.78 is 30.1. The number of nitrogens with one attached hydrogen (secondary N) is 1. The van der Waals surface area contributed by atoms with Crippen LogP contribution in [0.3, 0.4) is 0 Å². The number of nitrogens with zero attached hydrogens (tertiary/aromatic N) is 1. The van der Waals surface area contributed by atoms with Crippen molar-refractivity contribution in [3.05, 3.63) is 36.9 Å². The Morgan fingerprint density at radius 2 is 2.09 bits per heavy atom. The highest BCUT2D eigenvalue weighted by atomic mass is 32.2. The number of hydrogen-bond acceptors (Lipinski definition) is 4. The molecule has 1 atom stereocenters. The van der Waals surface area contributed by atoms with Gasteiger partial charge < -0.3 is 10.1 Å². The second-order valence-corrected chi connectivity index (χ2v) is 8.21. The third-order valence-corrected chi connectivity index (χ3v) is 6.60. The second kappa shape index (κ2) is 6.72. The third-order valence-electron chi connectivity index (χ3n) is 4.07. The molecule has 0 radical (unpaired) electrons. The van der Waals surface area contributed by atoms with Crippen LogP contribution in [-0.4, -0.2) is 43.6 Å². The smallest absolute Gasteiger partial charge is 0.246 e. The fourth-order valence-corrected chi connectivity index (χ4v) is 4.26. The molecule has 1 aromatic rings. The van der Waals surface area contributed by atoms with Crippen LogP contribution in [0.15, 0.2) is 36.9 Å². The van der Waals surface area contributed by atoms with E-state index in [1.54, 1.807) is 30.3 Å². The van der Waals surface area contributed by atoms with E-state index in [2.05, 4.69) is 11.9 Å². The van der Waals surface area contributed by atoms with Crippen molar-refractivity contribution in [3.8, 4) is 5.75 Å². The van der Waals surface area contributed by atoms with E-state index in [4.69, 9.17) is 4.74 Å². The molecule has 0 aliphatic carbocycles. The summed E-state index contributed by atoms with van der Waals surface area (Å²) in [6, 6.07) is 6.78. The minimum atomic E-state index is -3.66. The molecule has 1 aliphatic heterocycles. The minimum Gasteiger partial charge on any atom is -0.490 e. The van der Waals surface area contributed by atoms with Crippen molar-refractivity contribution in [2.75, 3.05) is 25.5 Å². The molecule has 2 rings (SSSR count). The van der Waals surface area contributed by atoms with E-state index in [1.165, 1.54) is 18.3 Å². The van der Waals surface area contributed by atoms with Crippen molar-refractivity contribution in [3.63, 3.8) is 0 Å². The van der Waals surface area contributed by atoms with Gasteiger partial charge in [-0.2, -0.15) is 0 Å². The molecule has 0 spiro atoms. The maximum atomic E-state index is 12.5. The summed E-state index contributed by atoms with van der Waals surface area (Å²) in [5.41, 5.74) is 0.533. The SMILES string of the molecule is C=CCOc1ccc(NC(=O)[C@]2(C)CCCN(C)S2(=O)=O)cc1. The Labute approximate surface area is 137 Å². The quantitative estimate of drug-likeness (QED) is 0.833. The lowest BCUT2D eigenvalue weighted by atomic mass is 10.0. The van der Waals surface area contributed by atoms with Gasteiger partial charge in [-0.05, 0) is 44.0 Å². The molecule has 1 aliphatic rings. The highest BCUT2D eigenvalue weighted by Crippen LogP contribution is 2.32. The standard InChI is InChI=1S/C16H22N2O4S/c1-4-12-22-14-8-6-13(7-9-14)17-15(19)16(2)10-5-11-18(3)23(16,20)21/h4,6-9H,1,5,10-12H2,2-3H3,(H,17,19)/t16-/m0/s1. The van der Waals surface area contributed by atoms with Crippen molar-refractivity contribution in [2.45, 2.75) is 24.5 Å². The normalized spacial score (nSPS) is 23.9. The number of benzene rings is 1. The Bertz CT molecular complexity index is 685. The lowest BCUT2D eigenvalue weighted by molar-refractivity contribution is -0.118. The molecule has 0 saturated carbocycles. The first-order chi connectivity index (χ1) is 10.8. The van der Waals surface area contributed by atoms with Crippen molar-refractivity contribution in [1.29, 1.82) is 0 Å². The Balaban J connectivity index is 2.13. The van der Waals surface area contributed by atoms with Crippen LogP contribution < -0.4 is 10.1 Å². The van der Waals surface area contributed by atoms with Crippen LogP contribution in [0.5, 0.6) is 5.75 Å². The van der Waals surface area contributed by atoms with Crippen LogP contribution in [0.4, 0.5) is 5.69 Å². The van der Waals surface area contributed by atoms with Gasteiger partial charge in [0.1, 0.15) is 12.4 Å². The van der Waals surface area contributed by atoms with Crippen molar-refractivity contribution >= 4 is 21.6 Å². The maximum Gasteiger partial charge on any atom is 0.246 e. The Kier molecular flexibility index (Phi) is 5.11. The number of rotatable bonds is 5. The van der Waals surface area contributed by atoms with Crippen LogP contribution >= 0.6 is 0 Å². The molecular weight excluding hydrogens is 316 g/mol. The van der Waals surface area contributed by atoms with Crippen molar-refractivity contribution in [1.82, 2.24) is 4.31 Å². The summed E-state index contributed by atoms with van der Waals surface area (Å²) in [4.78, 5) is 12.5. The molecule has 1 fully saturated rings. The molecule has 1 N–H and O–H groups in total. The Hall–Kier alpha value is -1.86. The zero-order valence-corrected chi connectivity index (χ0v) is 14.2. The number of hydrogen-bond donors (Lipinski definition) is 1. The van der Waals surface area contributed by atoms with Gasteiger partial charge in [0.25, 0.3) is 0 Å². The summed E-state index contributed by atoms with van der Waals surface area (Å²) in [6.07, 6.45) is 2.61. The summed E-state index contributed by atoms with van der Waals surface area (Å²) in [5.74, 6) is 0.142. The van der Waals surface area contributed by atoms with Gasteiger partial charge in [-0.25, -0.2) is 12.7 Å². The van der Waals surface area contributed by atoms with Crippen LogP contribution in [-0.2, 0) is 14.8 Å². The van der Waals surface area contributed by atoms with E-state index in [1.807, 2.05) is 0 Å². The predicted molar refractivity (Wildman–Crippen MR) is 90.0 cm³/mol. The van der Waals surface area contributed by atoms with Gasteiger partial charge in [0.15, 0.2) is 4.75 Å². The largest absolute Gasteiger partial charge is 0.490 e. The molecule has 1 heterocycles. The monoisotopic (exact) mass is 338 g/mol. The van der Waals surface area contributed by atoms with Crippen molar-refractivity contribution < 1.29 is 17.9 Å². The maximum absolute atomic E-state index is 12.5. The zero-order chi connectivity index (χ0) is 17.1. The molecule has 0 bridgehead atoms. The lowest BCUT2D eigenvalue weighted by Gasteiger charge is -2.36. The average molecular weight is 338 g/mol. The van der Waals surface area contributed by atoms with Crippen LogP contribution in [0.25, 0.3) is 0 Å². The number of carbonyl (C=O) groups is 1. The number of anilines is 1. The first kappa shape index (κ1) is 17.5. The zero-order valence-electron chi connectivity index (χ0n) is 13.4. The number of sulfonamides is 1. The third kappa shape index (κ3) is 3.40. The highest BCUT2D eigenvalue weighted by molar-refractivity contribution is 7.91.